The number of urea groups is 1. The lowest BCUT2D eigenvalue weighted by Crippen LogP contribution is -2.42. The summed E-state index contributed by atoms with van der Waals surface area (Å²) in [5.74, 6) is 2.29. The Morgan fingerprint density at radius 1 is 1.06 bits per heavy atom. The highest BCUT2D eigenvalue weighted by atomic mass is 32.2. The number of nitrogens with zero attached hydrogens (tertiary/aromatic N) is 5. The van der Waals surface area contributed by atoms with Gasteiger partial charge in [-0.05, 0) is 73.1 Å². The summed E-state index contributed by atoms with van der Waals surface area (Å²) in [4.78, 5) is 24.0. The molecule has 1 aliphatic rings. The summed E-state index contributed by atoms with van der Waals surface area (Å²) in [5, 5.41) is 8.13. The number of amides is 2. The SMILES string of the molecule is COc1ccc(C(C)C)c(N2C(=NC(=O)NCCC(C)c3ccc(-c4ncn(-c5ccc(OC(F)(F)F)cc5)n4)cc3)SCCC2C)c1. The summed E-state index contributed by atoms with van der Waals surface area (Å²) in [6, 6.07) is 19.2. The number of alkyl halides is 3. The summed E-state index contributed by atoms with van der Waals surface area (Å²) in [5.41, 5.74) is 4.64. The fourth-order valence-electron chi connectivity index (χ4n) is 5.45. The van der Waals surface area contributed by atoms with E-state index in [-0.39, 0.29) is 23.7 Å². The second kappa shape index (κ2) is 15.1. The first kappa shape index (κ1) is 34.8. The maximum Gasteiger partial charge on any atom is 0.573 e. The Morgan fingerprint density at radius 3 is 2.44 bits per heavy atom. The Bertz CT molecular complexity index is 1720. The maximum atomic E-state index is 13.0. The average Bonchev–Trinajstić information content (AvgIpc) is 3.55. The number of benzene rings is 3. The van der Waals surface area contributed by atoms with Crippen LogP contribution in [0.5, 0.6) is 11.5 Å². The zero-order chi connectivity index (χ0) is 34.4. The summed E-state index contributed by atoms with van der Waals surface area (Å²) >= 11 is 1.59. The van der Waals surface area contributed by atoms with Crippen LogP contribution in [-0.4, -0.2) is 57.8 Å². The van der Waals surface area contributed by atoms with Crippen molar-refractivity contribution in [3.63, 3.8) is 0 Å². The van der Waals surface area contributed by atoms with Crippen LogP contribution in [0.15, 0.2) is 78.0 Å². The monoisotopic (exact) mass is 680 g/mol. The summed E-state index contributed by atoms with van der Waals surface area (Å²) in [6.45, 7) is 9.03. The van der Waals surface area contributed by atoms with Crippen molar-refractivity contribution in [2.45, 2.75) is 64.8 Å². The number of carbonyl (C=O) groups excluding carboxylic acids is 1. The molecule has 2 heterocycles. The normalized spacial score (nSPS) is 16.6. The lowest BCUT2D eigenvalue weighted by molar-refractivity contribution is -0.274. The summed E-state index contributed by atoms with van der Waals surface area (Å²) < 4.78 is 48.3. The molecular formula is C35H39F3N6O3S. The van der Waals surface area contributed by atoms with Gasteiger partial charge in [-0.2, -0.15) is 4.99 Å². The van der Waals surface area contributed by atoms with Gasteiger partial charge in [0.15, 0.2) is 11.0 Å². The van der Waals surface area contributed by atoms with Crippen LogP contribution in [0.25, 0.3) is 17.1 Å². The quantitative estimate of drug-likeness (QED) is 0.179. The Balaban J connectivity index is 1.18. The van der Waals surface area contributed by atoms with Crippen LogP contribution >= 0.6 is 11.8 Å². The molecule has 2 unspecified atom stereocenters. The molecule has 1 aromatic heterocycles. The highest BCUT2D eigenvalue weighted by Gasteiger charge is 2.31. The molecular weight excluding hydrogens is 641 g/mol. The van der Waals surface area contributed by atoms with E-state index in [0.29, 0.717) is 29.1 Å². The maximum absolute atomic E-state index is 13.0. The molecule has 5 rings (SSSR count). The lowest BCUT2D eigenvalue weighted by Gasteiger charge is -2.37. The van der Waals surface area contributed by atoms with Gasteiger partial charge < -0.3 is 19.7 Å². The number of nitrogens with one attached hydrogen (secondary N) is 1. The Labute approximate surface area is 282 Å². The van der Waals surface area contributed by atoms with Crippen molar-refractivity contribution in [3.8, 4) is 28.6 Å². The Kier molecular flexibility index (Phi) is 11.0. The topological polar surface area (TPSA) is 93.9 Å². The number of ether oxygens (including phenoxy) is 2. The molecule has 1 N–H and O–H groups in total. The second-order valence-corrected chi connectivity index (χ2v) is 13.0. The Morgan fingerprint density at radius 2 is 1.77 bits per heavy atom. The minimum atomic E-state index is -4.75. The van der Waals surface area contributed by atoms with Crippen molar-refractivity contribution in [1.82, 2.24) is 20.1 Å². The van der Waals surface area contributed by atoms with Crippen molar-refractivity contribution in [2.24, 2.45) is 4.99 Å². The number of anilines is 1. The molecule has 0 saturated carbocycles. The Hall–Kier alpha value is -4.52. The van der Waals surface area contributed by atoms with Gasteiger partial charge in [0.05, 0.1) is 18.5 Å². The van der Waals surface area contributed by atoms with Crippen LogP contribution in [0.3, 0.4) is 0 Å². The van der Waals surface area contributed by atoms with E-state index in [4.69, 9.17) is 4.74 Å². The van der Waals surface area contributed by atoms with Crippen LogP contribution in [-0.2, 0) is 0 Å². The molecule has 9 nitrogen and oxygen atoms in total. The van der Waals surface area contributed by atoms with Gasteiger partial charge in [0.1, 0.15) is 17.8 Å². The molecule has 2 amide bonds. The van der Waals surface area contributed by atoms with Gasteiger partial charge in [-0.1, -0.05) is 62.9 Å². The minimum Gasteiger partial charge on any atom is -0.497 e. The van der Waals surface area contributed by atoms with Crippen LogP contribution in [0, 0.1) is 0 Å². The summed E-state index contributed by atoms with van der Waals surface area (Å²) in [6.07, 6.45) is -1.55. The molecule has 1 aliphatic heterocycles. The van der Waals surface area contributed by atoms with Crippen molar-refractivity contribution >= 4 is 28.6 Å². The number of aliphatic imine (C=N–C) groups is 1. The third-order valence-corrected chi connectivity index (χ3v) is 9.13. The first-order valence-corrected chi connectivity index (χ1v) is 16.7. The minimum absolute atomic E-state index is 0.168. The van der Waals surface area contributed by atoms with Gasteiger partial charge in [-0.15, -0.1) is 18.3 Å². The van der Waals surface area contributed by atoms with E-state index in [1.165, 1.54) is 40.8 Å². The standard InChI is InChI=1S/C35H39F3N6O3S/c1-22(2)30-15-14-29(46-5)20-31(30)44-24(4)17-19-48-34(44)41-33(45)39-18-16-23(3)25-6-8-26(9-7-25)32-40-21-43(42-32)27-10-12-28(13-11-27)47-35(36,37)38/h6-15,20-24H,16-19H2,1-5H3,(H,39,45). The largest absolute Gasteiger partial charge is 0.573 e. The van der Waals surface area contributed by atoms with Crippen molar-refractivity contribution in [2.75, 3.05) is 24.3 Å². The molecule has 13 heteroatoms. The van der Waals surface area contributed by atoms with Crippen LogP contribution in [0.2, 0.25) is 0 Å². The van der Waals surface area contributed by atoms with Crippen molar-refractivity contribution < 1.29 is 27.4 Å². The van der Waals surface area contributed by atoms with Gasteiger partial charge in [0, 0.05) is 30.0 Å². The van der Waals surface area contributed by atoms with Gasteiger partial charge in [-0.3, -0.25) is 0 Å². The number of rotatable bonds is 10. The van der Waals surface area contributed by atoms with E-state index in [9.17, 15) is 18.0 Å². The third kappa shape index (κ3) is 8.68. The molecule has 0 spiro atoms. The molecule has 1 saturated heterocycles. The molecule has 2 atom stereocenters. The van der Waals surface area contributed by atoms with Gasteiger partial charge in [-0.25, -0.2) is 14.5 Å². The predicted molar refractivity (Wildman–Crippen MR) is 183 cm³/mol. The van der Waals surface area contributed by atoms with Crippen LogP contribution < -0.4 is 19.7 Å². The fraction of sp³-hybridized carbons (Fsp3) is 0.371. The lowest BCUT2D eigenvalue weighted by atomic mass is 9.96. The molecule has 1 fully saturated rings. The van der Waals surface area contributed by atoms with E-state index in [1.54, 1.807) is 18.9 Å². The highest BCUT2D eigenvalue weighted by Crippen LogP contribution is 2.37. The van der Waals surface area contributed by atoms with Crippen molar-refractivity contribution in [3.05, 3.63) is 84.2 Å². The molecule has 0 radical (unpaired) electrons. The number of halogens is 3. The molecule has 0 aliphatic carbocycles. The number of hydrogen-bond donors (Lipinski definition) is 1. The molecule has 254 valence electrons. The summed E-state index contributed by atoms with van der Waals surface area (Å²) in [7, 11) is 1.65. The molecule has 3 aromatic carbocycles. The van der Waals surface area contributed by atoms with Gasteiger partial charge in [0.2, 0.25) is 0 Å². The fourth-order valence-corrected chi connectivity index (χ4v) is 6.66. The molecule has 48 heavy (non-hydrogen) atoms. The van der Waals surface area contributed by atoms with E-state index < -0.39 is 6.36 Å². The molecule has 4 aromatic rings. The van der Waals surface area contributed by atoms with E-state index in [1.807, 2.05) is 36.4 Å². The van der Waals surface area contributed by atoms with Gasteiger partial charge in [0.25, 0.3) is 0 Å². The van der Waals surface area contributed by atoms with Crippen LogP contribution in [0.4, 0.5) is 23.7 Å². The number of carbonyl (C=O) groups is 1. The highest BCUT2D eigenvalue weighted by molar-refractivity contribution is 8.14. The first-order valence-electron chi connectivity index (χ1n) is 15.8. The van der Waals surface area contributed by atoms with E-state index in [2.05, 4.69) is 63.8 Å². The number of amidine groups is 1. The predicted octanol–water partition coefficient (Wildman–Crippen LogP) is 8.56. The zero-order valence-electron chi connectivity index (χ0n) is 27.5. The molecule has 0 bridgehead atoms. The van der Waals surface area contributed by atoms with Gasteiger partial charge >= 0.3 is 12.4 Å². The number of methoxy groups -OCH3 is 1. The first-order chi connectivity index (χ1) is 22.9. The smallest absolute Gasteiger partial charge is 0.497 e. The van der Waals surface area contributed by atoms with E-state index in [0.717, 1.165) is 41.2 Å². The van der Waals surface area contributed by atoms with Crippen LogP contribution in [0.1, 0.15) is 63.5 Å². The second-order valence-electron chi connectivity index (χ2n) is 11.9. The zero-order valence-corrected chi connectivity index (χ0v) is 28.3. The third-order valence-electron chi connectivity index (χ3n) is 8.15. The number of hydrogen-bond acceptors (Lipinski definition) is 6. The number of aromatic nitrogens is 3. The van der Waals surface area contributed by atoms with E-state index >= 15 is 0 Å². The number of thioether (sulfide) groups is 1. The van der Waals surface area contributed by atoms with Crippen molar-refractivity contribution in [1.29, 1.82) is 0 Å². The average molecular weight is 681 g/mol.